The fourth-order valence-electron chi connectivity index (χ4n) is 3.40. The molecule has 12 nitrogen and oxygen atoms in total. The summed E-state index contributed by atoms with van der Waals surface area (Å²) < 4.78 is 39.6. The maximum Gasteiger partial charge on any atom is 0.407 e. The Morgan fingerprint density at radius 3 is 2.74 bits per heavy atom. The first-order valence-corrected chi connectivity index (χ1v) is 12.0. The van der Waals surface area contributed by atoms with Crippen LogP contribution in [0.1, 0.15) is 16.8 Å². The van der Waals surface area contributed by atoms with Crippen LogP contribution in [0.3, 0.4) is 0 Å². The van der Waals surface area contributed by atoms with E-state index in [4.69, 9.17) is 5.11 Å². The van der Waals surface area contributed by atoms with E-state index in [-0.39, 0.29) is 29.8 Å². The van der Waals surface area contributed by atoms with Gasteiger partial charge in [-0.05, 0) is 29.7 Å². The van der Waals surface area contributed by atoms with Crippen molar-refractivity contribution in [3.8, 4) is 0 Å². The summed E-state index contributed by atoms with van der Waals surface area (Å²) in [4.78, 5) is 28.7. The molecule has 3 aromatic rings. The van der Waals surface area contributed by atoms with E-state index in [0.717, 1.165) is 23.6 Å². The number of halogens is 1. The van der Waals surface area contributed by atoms with E-state index in [1.807, 2.05) is 12.1 Å². The summed E-state index contributed by atoms with van der Waals surface area (Å²) in [7, 11) is -3.57. The van der Waals surface area contributed by atoms with Crippen molar-refractivity contribution in [1.82, 2.24) is 24.8 Å². The highest BCUT2D eigenvalue weighted by molar-refractivity contribution is 7.92. The monoisotopic (exact) mass is 488 g/mol. The van der Waals surface area contributed by atoms with Gasteiger partial charge in [-0.3, -0.25) is 9.71 Å². The van der Waals surface area contributed by atoms with Gasteiger partial charge in [-0.25, -0.2) is 27.6 Å². The quantitative estimate of drug-likeness (QED) is 0.388. The van der Waals surface area contributed by atoms with E-state index in [9.17, 15) is 17.6 Å². The summed E-state index contributed by atoms with van der Waals surface area (Å²) >= 11 is 0. The number of anilines is 4. The predicted molar refractivity (Wildman–Crippen MR) is 122 cm³/mol. The molecule has 0 radical (unpaired) electrons. The number of nitrogens with one attached hydrogen (secondary N) is 3. The second-order valence-corrected chi connectivity index (χ2v) is 9.28. The molecule has 3 heterocycles. The number of nitrogens with zero attached hydrogens (tertiary/aromatic N) is 5. The van der Waals surface area contributed by atoms with E-state index in [1.165, 1.54) is 17.3 Å². The number of aromatic nitrogens is 4. The summed E-state index contributed by atoms with van der Waals surface area (Å²) in [5.74, 6) is -0.643. The van der Waals surface area contributed by atoms with Crippen molar-refractivity contribution in [3.63, 3.8) is 0 Å². The van der Waals surface area contributed by atoms with Crippen LogP contribution >= 0.6 is 0 Å². The van der Waals surface area contributed by atoms with Crippen LogP contribution in [-0.2, 0) is 29.5 Å². The summed E-state index contributed by atoms with van der Waals surface area (Å²) in [6, 6.07) is 5.49. The van der Waals surface area contributed by atoms with Crippen molar-refractivity contribution in [2.24, 2.45) is 0 Å². The molecule has 4 rings (SSSR count). The number of amides is 1. The molecular formula is C20H21FN8O4S. The number of fused-ring (bicyclic) bond motifs is 1. The van der Waals surface area contributed by atoms with Crippen molar-refractivity contribution < 1.29 is 22.7 Å². The summed E-state index contributed by atoms with van der Waals surface area (Å²) in [6.07, 6.45) is 4.35. The molecule has 1 aliphatic heterocycles. The van der Waals surface area contributed by atoms with Gasteiger partial charge in [-0.1, -0.05) is 6.07 Å². The molecule has 0 saturated carbocycles. The predicted octanol–water partition coefficient (Wildman–Crippen LogP) is 2.17. The van der Waals surface area contributed by atoms with Gasteiger partial charge in [-0.15, -0.1) is 0 Å². The Labute approximate surface area is 194 Å². The molecule has 0 spiro atoms. The molecule has 0 fully saturated rings. The lowest BCUT2D eigenvalue weighted by Gasteiger charge is -2.26. The highest BCUT2D eigenvalue weighted by Crippen LogP contribution is 2.25. The van der Waals surface area contributed by atoms with Gasteiger partial charge in [0.25, 0.3) is 0 Å². The third kappa shape index (κ3) is 5.64. The fraction of sp³-hybridized carbons (Fsp3) is 0.250. The van der Waals surface area contributed by atoms with Gasteiger partial charge in [0.05, 0.1) is 19.0 Å². The minimum absolute atomic E-state index is 0.0286. The van der Waals surface area contributed by atoms with Crippen molar-refractivity contribution in [2.45, 2.75) is 19.5 Å². The lowest BCUT2D eigenvalue weighted by atomic mass is 9.99. The molecule has 0 aliphatic carbocycles. The van der Waals surface area contributed by atoms with Crippen LogP contribution in [-0.4, -0.2) is 57.3 Å². The Hall–Kier alpha value is -4.07. The number of benzene rings is 1. The van der Waals surface area contributed by atoms with Crippen LogP contribution in [0.2, 0.25) is 0 Å². The molecule has 4 N–H and O–H groups in total. The Bertz CT molecular complexity index is 1340. The van der Waals surface area contributed by atoms with Crippen molar-refractivity contribution >= 4 is 39.4 Å². The first-order valence-electron chi connectivity index (χ1n) is 10.1. The van der Waals surface area contributed by atoms with Gasteiger partial charge in [0.15, 0.2) is 17.5 Å². The highest BCUT2D eigenvalue weighted by atomic mass is 32.2. The maximum absolute atomic E-state index is 14.3. The van der Waals surface area contributed by atoms with Crippen LogP contribution in [0, 0.1) is 5.82 Å². The molecule has 1 aromatic carbocycles. The zero-order valence-corrected chi connectivity index (χ0v) is 18.8. The lowest BCUT2D eigenvalue weighted by molar-refractivity contribution is 0.140. The summed E-state index contributed by atoms with van der Waals surface area (Å²) in [5, 5.41) is 15.0. The lowest BCUT2D eigenvalue weighted by Crippen LogP contribution is -2.34. The van der Waals surface area contributed by atoms with Gasteiger partial charge >= 0.3 is 6.09 Å². The molecule has 2 aromatic heterocycles. The minimum atomic E-state index is -3.57. The van der Waals surface area contributed by atoms with Crippen molar-refractivity contribution in [2.75, 3.05) is 28.2 Å². The van der Waals surface area contributed by atoms with Crippen LogP contribution in [0.5, 0.6) is 0 Å². The molecule has 1 aliphatic rings. The van der Waals surface area contributed by atoms with E-state index in [1.54, 1.807) is 6.07 Å². The van der Waals surface area contributed by atoms with Crippen molar-refractivity contribution in [1.29, 1.82) is 0 Å². The van der Waals surface area contributed by atoms with Crippen LogP contribution in [0.15, 0.2) is 36.8 Å². The molecule has 34 heavy (non-hydrogen) atoms. The molecule has 0 unspecified atom stereocenters. The van der Waals surface area contributed by atoms with Crippen LogP contribution < -0.4 is 15.4 Å². The Morgan fingerprint density at radius 1 is 1.18 bits per heavy atom. The molecule has 0 bridgehead atoms. The largest absolute Gasteiger partial charge is 0.465 e. The van der Waals surface area contributed by atoms with Gasteiger partial charge in [0.1, 0.15) is 5.69 Å². The van der Waals surface area contributed by atoms with E-state index >= 15 is 0 Å². The SMILES string of the molecule is CS(=O)(=O)Nc1nccnc1CNc1nc(Nc2ccc3c(c2)CCN(C(=O)O)C3)ncc1F. The second-order valence-electron chi connectivity index (χ2n) is 7.53. The number of carbonyl (C=O) groups is 1. The molecule has 178 valence electrons. The Morgan fingerprint density at radius 2 is 1.97 bits per heavy atom. The maximum atomic E-state index is 14.3. The van der Waals surface area contributed by atoms with Gasteiger partial charge in [-0.2, -0.15) is 4.98 Å². The first-order chi connectivity index (χ1) is 16.2. The van der Waals surface area contributed by atoms with Gasteiger partial charge in [0.2, 0.25) is 16.0 Å². The zero-order chi connectivity index (χ0) is 24.3. The first kappa shape index (κ1) is 23.1. The van der Waals surface area contributed by atoms with E-state index in [0.29, 0.717) is 25.2 Å². The number of carboxylic acid groups (broad SMARTS) is 1. The summed E-state index contributed by atoms with van der Waals surface area (Å²) in [6.45, 7) is 0.689. The minimum Gasteiger partial charge on any atom is -0.465 e. The number of sulfonamides is 1. The number of hydrogen-bond donors (Lipinski definition) is 4. The van der Waals surface area contributed by atoms with Crippen LogP contribution in [0.4, 0.5) is 32.5 Å². The normalized spacial score (nSPS) is 13.2. The van der Waals surface area contributed by atoms with Crippen molar-refractivity contribution in [3.05, 3.63) is 59.4 Å². The topological polar surface area (TPSA) is 162 Å². The van der Waals surface area contributed by atoms with Gasteiger partial charge in [0, 0.05) is 31.2 Å². The molecular weight excluding hydrogens is 467 g/mol. The Balaban J connectivity index is 1.47. The van der Waals surface area contributed by atoms with E-state index < -0.39 is 21.9 Å². The van der Waals surface area contributed by atoms with E-state index in [2.05, 4.69) is 35.3 Å². The number of hydrogen-bond acceptors (Lipinski definition) is 9. The average Bonchev–Trinajstić information content (AvgIpc) is 2.79. The molecule has 14 heteroatoms. The molecule has 0 atom stereocenters. The highest BCUT2D eigenvalue weighted by Gasteiger charge is 2.20. The summed E-state index contributed by atoms with van der Waals surface area (Å²) in [5.41, 5.74) is 2.86. The second kappa shape index (κ2) is 9.43. The van der Waals surface area contributed by atoms with Gasteiger partial charge < -0.3 is 20.6 Å². The van der Waals surface area contributed by atoms with Crippen LogP contribution in [0.25, 0.3) is 0 Å². The fourth-order valence-corrected chi connectivity index (χ4v) is 3.92. The smallest absolute Gasteiger partial charge is 0.407 e. The number of rotatable bonds is 7. The Kier molecular flexibility index (Phi) is 6.40. The zero-order valence-electron chi connectivity index (χ0n) is 18.0. The standard InChI is InChI=1S/C20H21FN8O4S/c1-34(32,33)28-18-16(22-5-6-23-18)10-24-17-15(21)9-25-19(27-17)26-14-3-2-13-11-29(20(30)31)7-4-12(13)8-14/h2-3,5-6,8-9H,4,7,10-11H2,1H3,(H,23,28)(H,30,31)(H2,24,25,26,27). The third-order valence-corrected chi connectivity index (χ3v) is 5.53. The average molecular weight is 489 g/mol. The third-order valence-electron chi connectivity index (χ3n) is 4.97. The molecule has 0 saturated heterocycles. The molecule has 1 amide bonds.